The Morgan fingerprint density at radius 2 is 1.79 bits per heavy atom. The van der Waals surface area contributed by atoms with Crippen molar-refractivity contribution in [1.82, 2.24) is 5.32 Å². The lowest BCUT2D eigenvalue weighted by molar-refractivity contribution is -0.120. The summed E-state index contributed by atoms with van der Waals surface area (Å²) in [5, 5.41) is 8.73. The highest BCUT2D eigenvalue weighted by Crippen LogP contribution is 2.48. The Labute approximate surface area is 230 Å². The molecule has 1 amide bonds. The van der Waals surface area contributed by atoms with Crippen molar-refractivity contribution in [2.24, 2.45) is 5.41 Å². The highest BCUT2D eigenvalue weighted by atomic mass is 32.1. The average Bonchev–Trinajstić information content (AvgIpc) is 3.33. The van der Waals surface area contributed by atoms with Crippen molar-refractivity contribution >= 4 is 34.4 Å². The van der Waals surface area contributed by atoms with E-state index in [0.717, 1.165) is 39.5 Å². The molecule has 0 fully saturated rings. The van der Waals surface area contributed by atoms with Gasteiger partial charge in [0.1, 0.15) is 0 Å². The van der Waals surface area contributed by atoms with Crippen LogP contribution in [0.2, 0.25) is 0 Å². The Morgan fingerprint density at radius 1 is 1.05 bits per heavy atom. The van der Waals surface area contributed by atoms with E-state index < -0.39 is 0 Å². The number of carbonyl (C=O) groups is 2. The summed E-state index contributed by atoms with van der Waals surface area (Å²) in [6.45, 7) is 11.5. The number of anilines is 2. The van der Waals surface area contributed by atoms with Crippen molar-refractivity contribution in [3.05, 3.63) is 93.3 Å². The fourth-order valence-corrected chi connectivity index (χ4v) is 6.19. The second-order valence-corrected chi connectivity index (χ2v) is 13.3. The molecule has 5 rings (SSSR count). The molecule has 2 aliphatic rings. The smallest absolute Gasteiger partial charge is 0.239 e. The van der Waals surface area contributed by atoms with Crippen LogP contribution < -0.4 is 15.5 Å². The van der Waals surface area contributed by atoms with E-state index in [1.807, 2.05) is 41.8 Å². The van der Waals surface area contributed by atoms with Crippen LogP contribution in [0.1, 0.15) is 69.5 Å². The van der Waals surface area contributed by atoms with E-state index >= 15 is 0 Å². The molecule has 2 heterocycles. The predicted octanol–water partition coefficient (Wildman–Crippen LogP) is 6.98. The number of benzene rings is 2. The molecule has 3 aromatic rings. The van der Waals surface area contributed by atoms with Crippen LogP contribution >= 0.6 is 11.3 Å². The van der Waals surface area contributed by atoms with E-state index in [4.69, 9.17) is 0 Å². The van der Waals surface area contributed by atoms with Gasteiger partial charge in [0.15, 0.2) is 5.78 Å². The van der Waals surface area contributed by atoms with Crippen molar-refractivity contribution in [3.8, 4) is 0 Å². The molecule has 0 saturated carbocycles. The van der Waals surface area contributed by atoms with E-state index in [9.17, 15) is 9.59 Å². The van der Waals surface area contributed by atoms with Crippen LogP contribution in [0.5, 0.6) is 0 Å². The number of thiophene rings is 1. The molecular formula is C32H37N3O2S. The van der Waals surface area contributed by atoms with Crippen LogP contribution in [0.25, 0.3) is 0 Å². The SMILES string of the molecule is CC1(C)CC(=O)C2=C(C1)Nc1ccccc1N(CC(=O)NCc1cccs1)C2c1ccc(C(C)(C)C)cc1. The molecule has 0 bridgehead atoms. The second kappa shape index (κ2) is 10.1. The summed E-state index contributed by atoms with van der Waals surface area (Å²) in [6.07, 6.45) is 1.26. The van der Waals surface area contributed by atoms with Crippen LogP contribution in [0.3, 0.4) is 0 Å². The molecule has 1 unspecified atom stereocenters. The normalized spacial score (nSPS) is 18.8. The van der Waals surface area contributed by atoms with E-state index in [2.05, 4.69) is 74.4 Å². The number of hydrogen-bond acceptors (Lipinski definition) is 5. The Bertz CT molecular complexity index is 1360. The van der Waals surface area contributed by atoms with Crippen LogP contribution in [0.15, 0.2) is 77.3 Å². The fourth-order valence-electron chi connectivity index (χ4n) is 5.55. The molecule has 2 aromatic carbocycles. The highest BCUT2D eigenvalue weighted by Gasteiger charge is 2.42. The van der Waals surface area contributed by atoms with Gasteiger partial charge in [0.05, 0.1) is 30.5 Å². The van der Waals surface area contributed by atoms with Gasteiger partial charge in [0.2, 0.25) is 5.91 Å². The number of allylic oxidation sites excluding steroid dienone is 1. The van der Waals surface area contributed by atoms with Gasteiger partial charge in [0.25, 0.3) is 0 Å². The van der Waals surface area contributed by atoms with Gasteiger partial charge in [-0.2, -0.15) is 0 Å². The summed E-state index contributed by atoms with van der Waals surface area (Å²) in [4.78, 5) is 30.4. The zero-order valence-corrected chi connectivity index (χ0v) is 23.7. The molecule has 1 aromatic heterocycles. The Hall–Kier alpha value is -3.38. The number of amides is 1. The predicted molar refractivity (Wildman–Crippen MR) is 157 cm³/mol. The molecule has 1 aliphatic heterocycles. The summed E-state index contributed by atoms with van der Waals surface area (Å²) >= 11 is 1.63. The number of Topliss-reactive ketones (excluding diaryl/α,β-unsaturated/α-hetero) is 1. The standard InChI is InChI=1S/C32H37N3O2S/c1-31(2,3)22-14-12-21(13-15-22)30-29-25(17-32(4,5)18-27(29)36)34-24-10-6-7-11-26(24)35(30)20-28(37)33-19-23-9-8-16-38-23/h6-16,30,34H,17-20H2,1-5H3,(H,33,37). The molecule has 1 aliphatic carbocycles. The number of hydrogen-bond donors (Lipinski definition) is 2. The lowest BCUT2D eigenvalue weighted by atomic mass is 9.73. The van der Waals surface area contributed by atoms with Crippen molar-refractivity contribution in [2.45, 2.75) is 65.5 Å². The van der Waals surface area contributed by atoms with Gasteiger partial charge in [-0.3, -0.25) is 9.59 Å². The van der Waals surface area contributed by atoms with Gasteiger partial charge in [-0.05, 0) is 52.0 Å². The maximum Gasteiger partial charge on any atom is 0.239 e. The summed E-state index contributed by atoms with van der Waals surface area (Å²) in [6, 6.07) is 20.3. The van der Waals surface area contributed by atoms with Crippen LogP contribution in [-0.2, 0) is 21.5 Å². The van der Waals surface area contributed by atoms with Gasteiger partial charge in [0, 0.05) is 22.6 Å². The Kier molecular flexibility index (Phi) is 6.95. The zero-order chi connectivity index (χ0) is 27.1. The lowest BCUT2D eigenvalue weighted by Gasteiger charge is -2.38. The molecule has 2 N–H and O–H groups in total. The summed E-state index contributed by atoms with van der Waals surface area (Å²) in [7, 11) is 0. The van der Waals surface area contributed by atoms with Crippen molar-refractivity contribution < 1.29 is 9.59 Å². The Balaban J connectivity index is 1.61. The first kappa shape index (κ1) is 26.2. The van der Waals surface area contributed by atoms with Crippen LogP contribution in [0, 0.1) is 5.41 Å². The van der Waals surface area contributed by atoms with E-state index in [0.29, 0.717) is 13.0 Å². The van der Waals surface area contributed by atoms with E-state index in [-0.39, 0.29) is 35.1 Å². The van der Waals surface area contributed by atoms with Crippen molar-refractivity contribution in [3.63, 3.8) is 0 Å². The van der Waals surface area contributed by atoms with E-state index in [1.54, 1.807) is 11.3 Å². The third kappa shape index (κ3) is 5.41. The summed E-state index contributed by atoms with van der Waals surface area (Å²) < 4.78 is 0. The number of rotatable bonds is 5. The number of para-hydroxylation sites is 2. The molecule has 0 saturated heterocycles. The zero-order valence-electron chi connectivity index (χ0n) is 22.9. The summed E-state index contributed by atoms with van der Waals surface area (Å²) in [5.74, 6) is 0.0719. The number of carbonyl (C=O) groups excluding carboxylic acids is 2. The minimum atomic E-state index is -0.369. The first-order chi connectivity index (χ1) is 18.0. The average molecular weight is 528 g/mol. The van der Waals surface area contributed by atoms with Gasteiger partial charge < -0.3 is 15.5 Å². The lowest BCUT2D eigenvalue weighted by Crippen LogP contribution is -2.41. The molecule has 6 heteroatoms. The minimum Gasteiger partial charge on any atom is -0.357 e. The van der Waals surface area contributed by atoms with Gasteiger partial charge in [-0.15, -0.1) is 11.3 Å². The first-order valence-corrected chi connectivity index (χ1v) is 14.2. The number of nitrogens with zero attached hydrogens (tertiary/aromatic N) is 1. The minimum absolute atomic E-state index is 0.0205. The maximum atomic E-state index is 13.8. The monoisotopic (exact) mass is 527 g/mol. The number of ketones is 1. The van der Waals surface area contributed by atoms with E-state index in [1.165, 1.54) is 5.56 Å². The molecule has 1 atom stereocenters. The first-order valence-electron chi connectivity index (χ1n) is 13.3. The quantitative estimate of drug-likeness (QED) is 0.376. The largest absolute Gasteiger partial charge is 0.357 e. The molecule has 0 spiro atoms. The molecule has 38 heavy (non-hydrogen) atoms. The molecule has 0 radical (unpaired) electrons. The summed E-state index contributed by atoms with van der Waals surface area (Å²) in [5.41, 5.74) is 5.72. The van der Waals surface area contributed by atoms with Gasteiger partial charge in [-0.1, -0.05) is 77.1 Å². The molecule has 5 nitrogen and oxygen atoms in total. The maximum absolute atomic E-state index is 13.8. The van der Waals surface area contributed by atoms with Gasteiger partial charge >= 0.3 is 0 Å². The third-order valence-electron chi connectivity index (χ3n) is 7.45. The number of fused-ring (bicyclic) bond motifs is 1. The van der Waals surface area contributed by atoms with Gasteiger partial charge in [-0.25, -0.2) is 0 Å². The Morgan fingerprint density at radius 3 is 2.47 bits per heavy atom. The fraction of sp³-hybridized carbons (Fsp3) is 0.375. The second-order valence-electron chi connectivity index (χ2n) is 12.2. The van der Waals surface area contributed by atoms with Crippen LogP contribution in [0.4, 0.5) is 11.4 Å². The topological polar surface area (TPSA) is 61.4 Å². The number of nitrogens with one attached hydrogen (secondary N) is 2. The van der Waals surface area contributed by atoms with Crippen molar-refractivity contribution in [2.75, 3.05) is 16.8 Å². The van der Waals surface area contributed by atoms with Crippen LogP contribution in [-0.4, -0.2) is 18.2 Å². The molecule has 198 valence electrons. The third-order valence-corrected chi connectivity index (χ3v) is 8.33. The van der Waals surface area contributed by atoms with Crippen molar-refractivity contribution in [1.29, 1.82) is 0 Å². The highest BCUT2D eigenvalue weighted by molar-refractivity contribution is 7.09. The molecular weight excluding hydrogens is 490 g/mol.